The molecule has 0 aliphatic carbocycles. The summed E-state index contributed by atoms with van der Waals surface area (Å²) < 4.78 is 23.5. The highest BCUT2D eigenvalue weighted by atomic mass is 16.6. The van der Waals surface area contributed by atoms with Crippen LogP contribution in [0, 0.1) is 0 Å². The quantitative estimate of drug-likeness (QED) is 0.820. The number of benzene rings is 2. The summed E-state index contributed by atoms with van der Waals surface area (Å²) in [7, 11) is 0. The van der Waals surface area contributed by atoms with E-state index < -0.39 is 6.04 Å². The molecule has 2 N–H and O–H groups in total. The van der Waals surface area contributed by atoms with Crippen LogP contribution in [0.5, 0.6) is 0 Å². The van der Waals surface area contributed by atoms with Crippen molar-refractivity contribution in [3.05, 3.63) is 71.8 Å². The molecule has 1 saturated heterocycles. The highest BCUT2D eigenvalue weighted by molar-refractivity contribution is 5.85. The molecule has 1 fully saturated rings. The first-order chi connectivity index (χ1) is 13.7. The Morgan fingerprint density at radius 2 is 1.29 bits per heavy atom. The predicted molar refractivity (Wildman–Crippen MR) is 105 cm³/mol. The molecular formula is C22H27NO5. The lowest BCUT2D eigenvalue weighted by molar-refractivity contribution is -0.151. The highest BCUT2D eigenvalue weighted by Crippen LogP contribution is 2.14. The van der Waals surface area contributed by atoms with Crippen LogP contribution in [0.2, 0.25) is 0 Å². The van der Waals surface area contributed by atoms with E-state index >= 15 is 0 Å². The zero-order valence-corrected chi connectivity index (χ0v) is 15.9. The summed E-state index contributed by atoms with van der Waals surface area (Å²) >= 11 is 0. The second-order valence-electron chi connectivity index (χ2n) is 6.80. The molecule has 3 atom stereocenters. The van der Waals surface area contributed by atoms with Crippen molar-refractivity contribution in [1.82, 2.24) is 0 Å². The van der Waals surface area contributed by atoms with E-state index in [0.717, 1.165) is 11.1 Å². The monoisotopic (exact) mass is 385 g/mol. The first kappa shape index (κ1) is 20.6. The number of ether oxygens (including phenoxy) is 4. The summed E-state index contributed by atoms with van der Waals surface area (Å²) in [5.74, 6) is -0.175. The van der Waals surface area contributed by atoms with Gasteiger partial charge in [0.2, 0.25) is 0 Å². The van der Waals surface area contributed by atoms with Crippen LogP contribution in [0.25, 0.3) is 0 Å². The second-order valence-corrected chi connectivity index (χ2v) is 6.80. The number of nitrogens with two attached hydrogens (primary N) is 1. The Morgan fingerprint density at radius 3 is 1.82 bits per heavy atom. The van der Waals surface area contributed by atoms with Gasteiger partial charge < -0.3 is 24.7 Å². The summed E-state index contributed by atoms with van der Waals surface area (Å²) in [5.41, 5.74) is 7.94. The van der Waals surface area contributed by atoms with Gasteiger partial charge in [0, 0.05) is 0 Å². The molecular weight excluding hydrogens is 358 g/mol. The lowest BCUT2D eigenvalue weighted by atomic mass is 10.1. The first-order valence-corrected chi connectivity index (χ1v) is 9.47. The van der Waals surface area contributed by atoms with Gasteiger partial charge in [-0.05, 0) is 11.1 Å². The fraction of sp³-hybridized carbons (Fsp3) is 0.409. The number of Topliss-reactive ketones (excluding diaryl/α,β-unsaturated/α-hetero) is 1. The van der Waals surface area contributed by atoms with Gasteiger partial charge >= 0.3 is 0 Å². The largest absolute Gasteiger partial charge is 0.377 e. The Hall–Kier alpha value is -2.09. The standard InChI is InChI=1S/C22H27NO5/c23-19-13-25-15-21(27-11-17-7-3-1-4-8-17)22(16-26-14-20(19)24)28-12-18-9-5-2-6-10-18/h1-10,19,21-22H,11-16,23H2. The fourth-order valence-corrected chi connectivity index (χ4v) is 2.87. The number of carbonyl (C=O) groups is 1. The Morgan fingerprint density at radius 1 is 0.786 bits per heavy atom. The lowest BCUT2D eigenvalue weighted by Gasteiger charge is -2.29. The zero-order chi connectivity index (χ0) is 19.6. The van der Waals surface area contributed by atoms with Gasteiger partial charge in [0.25, 0.3) is 0 Å². The molecule has 0 bridgehead atoms. The van der Waals surface area contributed by atoms with Gasteiger partial charge in [0.1, 0.15) is 18.8 Å². The van der Waals surface area contributed by atoms with E-state index in [4.69, 9.17) is 24.7 Å². The Kier molecular flexibility index (Phi) is 8.14. The van der Waals surface area contributed by atoms with Crippen LogP contribution in [-0.4, -0.2) is 50.5 Å². The third-order valence-corrected chi connectivity index (χ3v) is 4.55. The van der Waals surface area contributed by atoms with E-state index in [1.54, 1.807) is 0 Å². The molecule has 6 heteroatoms. The molecule has 6 nitrogen and oxygen atoms in total. The molecule has 0 spiro atoms. The van der Waals surface area contributed by atoms with Crippen LogP contribution in [0.1, 0.15) is 11.1 Å². The van der Waals surface area contributed by atoms with Crippen LogP contribution >= 0.6 is 0 Å². The summed E-state index contributed by atoms with van der Waals surface area (Å²) in [6.07, 6.45) is -0.713. The van der Waals surface area contributed by atoms with Gasteiger partial charge in [-0.1, -0.05) is 60.7 Å². The van der Waals surface area contributed by atoms with Crippen molar-refractivity contribution >= 4 is 5.78 Å². The third kappa shape index (κ3) is 6.51. The smallest absolute Gasteiger partial charge is 0.177 e. The van der Waals surface area contributed by atoms with Crippen LogP contribution in [-0.2, 0) is 37.0 Å². The number of hydrogen-bond acceptors (Lipinski definition) is 6. The maximum absolute atomic E-state index is 11.9. The van der Waals surface area contributed by atoms with Gasteiger partial charge in [0.05, 0.1) is 39.1 Å². The average Bonchev–Trinajstić information content (AvgIpc) is 2.74. The minimum absolute atomic E-state index is 0.0544. The van der Waals surface area contributed by atoms with Gasteiger partial charge in [0.15, 0.2) is 5.78 Å². The molecule has 28 heavy (non-hydrogen) atoms. The average molecular weight is 385 g/mol. The van der Waals surface area contributed by atoms with Gasteiger partial charge in [-0.15, -0.1) is 0 Å². The molecule has 3 rings (SSSR count). The third-order valence-electron chi connectivity index (χ3n) is 4.55. The molecule has 0 amide bonds. The molecule has 1 heterocycles. The molecule has 150 valence electrons. The predicted octanol–water partition coefficient (Wildman–Crippen LogP) is 2.10. The Bertz CT molecular complexity index is 709. The highest BCUT2D eigenvalue weighted by Gasteiger charge is 2.27. The van der Waals surface area contributed by atoms with Gasteiger partial charge in [-0.2, -0.15) is 0 Å². The van der Waals surface area contributed by atoms with Crippen molar-refractivity contribution in [2.24, 2.45) is 5.73 Å². The van der Waals surface area contributed by atoms with E-state index in [0.29, 0.717) is 13.2 Å². The SMILES string of the molecule is NC1COCC(OCc2ccccc2)C(OCc2ccccc2)COCC1=O. The summed E-state index contributed by atoms with van der Waals surface area (Å²) in [5, 5.41) is 0. The van der Waals surface area contributed by atoms with Crippen molar-refractivity contribution in [2.45, 2.75) is 31.5 Å². The summed E-state index contributed by atoms with van der Waals surface area (Å²) in [6, 6.07) is 19.1. The number of hydrogen-bond donors (Lipinski definition) is 1. The minimum atomic E-state index is -0.684. The zero-order valence-electron chi connectivity index (χ0n) is 15.9. The van der Waals surface area contributed by atoms with Crippen LogP contribution in [0.15, 0.2) is 60.7 Å². The van der Waals surface area contributed by atoms with Crippen molar-refractivity contribution < 1.29 is 23.7 Å². The number of carbonyl (C=O) groups excluding carboxylic acids is 1. The molecule has 2 aromatic carbocycles. The van der Waals surface area contributed by atoms with E-state index in [1.165, 1.54) is 0 Å². The number of rotatable bonds is 6. The molecule has 0 radical (unpaired) electrons. The Balaban J connectivity index is 1.65. The van der Waals surface area contributed by atoms with Crippen LogP contribution in [0.3, 0.4) is 0 Å². The van der Waals surface area contributed by atoms with E-state index in [-0.39, 0.29) is 44.4 Å². The van der Waals surface area contributed by atoms with Crippen molar-refractivity contribution in [3.8, 4) is 0 Å². The van der Waals surface area contributed by atoms with Gasteiger partial charge in [-0.3, -0.25) is 4.79 Å². The molecule has 0 saturated carbocycles. The van der Waals surface area contributed by atoms with Crippen molar-refractivity contribution in [3.63, 3.8) is 0 Å². The molecule has 2 aromatic rings. The normalized spacial score (nSPS) is 24.0. The molecule has 1 aliphatic heterocycles. The number of ketones is 1. The minimum Gasteiger partial charge on any atom is -0.377 e. The fourth-order valence-electron chi connectivity index (χ4n) is 2.87. The topological polar surface area (TPSA) is 80.0 Å². The van der Waals surface area contributed by atoms with Gasteiger partial charge in [-0.25, -0.2) is 0 Å². The molecule has 3 unspecified atom stereocenters. The van der Waals surface area contributed by atoms with E-state index in [1.807, 2.05) is 60.7 Å². The van der Waals surface area contributed by atoms with Crippen molar-refractivity contribution in [1.29, 1.82) is 0 Å². The lowest BCUT2D eigenvalue weighted by Crippen LogP contribution is -2.45. The van der Waals surface area contributed by atoms with Crippen molar-refractivity contribution in [2.75, 3.05) is 26.4 Å². The summed E-state index contributed by atoms with van der Waals surface area (Å²) in [4.78, 5) is 11.9. The van der Waals surface area contributed by atoms with Crippen LogP contribution < -0.4 is 5.73 Å². The first-order valence-electron chi connectivity index (χ1n) is 9.47. The van der Waals surface area contributed by atoms with E-state index in [2.05, 4.69) is 0 Å². The maximum Gasteiger partial charge on any atom is 0.177 e. The maximum atomic E-state index is 11.9. The molecule has 0 aromatic heterocycles. The Labute approximate surface area is 165 Å². The van der Waals surface area contributed by atoms with Crippen LogP contribution in [0.4, 0.5) is 0 Å². The molecule has 1 aliphatic rings. The summed E-state index contributed by atoms with van der Waals surface area (Å²) in [6.45, 7) is 1.45. The van der Waals surface area contributed by atoms with E-state index in [9.17, 15) is 4.79 Å². The second kappa shape index (κ2) is 11.0.